The van der Waals surface area contributed by atoms with E-state index in [9.17, 15) is 4.79 Å². The summed E-state index contributed by atoms with van der Waals surface area (Å²) in [7, 11) is 1.61. The first kappa shape index (κ1) is 17.2. The summed E-state index contributed by atoms with van der Waals surface area (Å²) in [5, 5.41) is 11.1. The Morgan fingerprint density at radius 3 is 2.81 bits per heavy atom. The molecule has 0 fully saturated rings. The third kappa shape index (κ3) is 3.54. The van der Waals surface area contributed by atoms with E-state index in [0.29, 0.717) is 31.1 Å². The fraction of sp³-hybridized carbons (Fsp3) is 0.250. The molecular formula is C20H20N4O3. The number of rotatable bonds is 5. The Bertz CT molecular complexity index is 939. The molecule has 27 heavy (non-hydrogen) atoms. The maximum absolute atomic E-state index is 12.6. The molecule has 1 amide bonds. The number of nitrogens with zero attached hydrogens (tertiary/aromatic N) is 3. The van der Waals surface area contributed by atoms with Gasteiger partial charge in [0.1, 0.15) is 11.9 Å². The Balaban J connectivity index is 1.45. The van der Waals surface area contributed by atoms with Crippen LogP contribution in [0.5, 0.6) is 5.75 Å². The van der Waals surface area contributed by atoms with Gasteiger partial charge in [-0.25, -0.2) is 4.68 Å². The number of fused-ring (bicyclic) bond motifs is 1. The van der Waals surface area contributed by atoms with Crippen molar-refractivity contribution in [3.8, 4) is 5.75 Å². The predicted molar refractivity (Wildman–Crippen MR) is 98.2 cm³/mol. The normalized spacial score (nSPS) is 15.8. The average Bonchev–Trinajstić information content (AvgIpc) is 3.16. The molecule has 0 aliphatic carbocycles. The molecule has 1 aliphatic heterocycles. The van der Waals surface area contributed by atoms with Gasteiger partial charge in [0.15, 0.2) is 5.69 Å². The largest absolute Gasteiger partial charge is 0.496 e. The highest BCUT2D eigenvalue weighted by molar-refractivity contribution is 5.93. The van der Waals surface area contributed by atoms with Gasteiger partial charge in [-0.3, -0.25) is 4.79 Å². The lowest BCUT2D eigenvalue weighted by molar-refractivity contribution is -0.00177. The number of hydrogen-bond acceptors (Lipinski definition) is 5. The van der Waals surface area contributed by atoms with Gasteiger partial charge in [-0.2, -0.15) is 0 Å². The van der Waals surface area contributed by atoms with Crippen LogP contribution < -0.4 is 10.1 Å². The molecule has 2 aromatic carbocycles. The summed E-state index contributed by atoms with van der Waals surface area (Å²) in [6, 6.07) is 17.5. The second kappa shape index (κ2) is 7.59. The van der Waals surface area contributed by atoms with Crippen LogP contribution in [-0.4, -0.2) is 28.0 Å². The smallest absolute Gasteiger partial charge is 0.274 e. The number of para-hydroxylation sites is 1. The van der Waals surface area contributed by atoms with Gasteiger partial charge in [-0.1, -0.05) is 53.7 Å². The number of amides is 1. The van der Waals surface area contributed by atoms with Crippen LogP contribution in [-0.2, 0) is 24.4 Å². The van der Waals surface area contributed by atoms with Crippen molar-refractivity contribution in [1.82, 2.24) is 20.3 Å². The van der Waals surface area contributed by atoms with Gasteiger partial charge in [0.05, 0.1) is 26.0 Å². The van der Waals surface area contributed by atoms with E-state index in [0.717, 1.165) is 16.9 Å². The first-order chi connectivity index (χ1) is 13.3. The molecule has 0 saturated carbocycles. The van der Waals surface area contributed by atoms with Gasteiger partial charge in [-0.15, -0.1) is 5.10 Å². The average molecular weight is 364 g/mol. The van der Waals surface area contributed by atoms with E-state index in [-0.39, 0.29) is 12.0 Å². The summed E-state index contributed by atoms with van der Waals surface area (Å²) in [5.74, 6) is 0.459. The predicted octanol–water partition coefficient (Wildman–Crippen LogP) is 2.49. The Morgan fingerprint density at radius 2 is 2.00 bits per heavy atom. The van der Waals surface area contributed by atoms with Gasteiger partial charge in [-0.05, 0) is 11.6 Å². The molecule has 4 rings (SSSR count). The Labute approximate surface area is 156 Å². The zero-order valence-electron chi connectivity index (χ0n) is 15.0. The van der Waals surface area contributed by atoms with Crippen LogP contribution in [0.2, 0.25) is 0 Å². The first-order valence-corrected chi connectivity index (χ1v) is 8.75. The highest BCUT2D eigenvalue weighted by Gasteiger charge is 2.27. The van der Waals surface area contributed by atoms with Crippen LogP contribution in [0.3, 0.4) is 0 Å². The van der Waals surface area contributed by atoms with Crippen molar-refractivity contribution >= 4 is 5.91 Å². The lowest BCUT2D eigenvalue weighted by Crippen LogP contribution is -2.27. The minimum absolute atomic E-state index is 0.0927. The number of methoxy groups -OCH3 is 1. The summed E-state index contributed by atoms with van der Waals surface area (Å²) in [5.41, 5.74) is 2.98. The van der Waals surface area contributed by atoms with Crippen LogP contribution >= 0.6 is 0 Å². The molecule has 1 aromatic heterocycles. The third-order valence-electron chi connectivity index (χ3n) is 4.62. The second-order valence-corrected chi connectivity index (χ2v) is 6.27. The lowest BCUT2D eigenvalue weighted by atomic mass is 10.1. The Kier molecular flexibility index (Phi) is 4.84. The molecule has 0 saturated heterocycles. The maximum atomic E-state index is 12.6. The number of carbonyl (C=O) groups is 1. The van der Waals surface area contributed by atoms with Gasteiger partial charge >= 0.3 is 0 Å². The van der Waals surface area contributed by atoms with Crippen LogP contribution in [0.1, 0.15) is 33.4 Å². The van der Waals surface area contributed by atoms with E-state index in [4.69, 9.17) is 9.47 Å². The molecule has 0 radical (unpaired) electrons. The summed E-state index contributed by atoms with van der Waals surface area (Å²) in [6.45, 7) is 1.18. The van der Waals surface area contributed by atoms with Crippen molar-refractivity contribution in [2.75, 3.05) is 7.11 Å². The van der Waals surface area contributed by atoms with Crippen LogP contribution in [0.4, 0.5) is 0 Å². The van der Waals surface area contributed by atoms with E-state index < -0.39 is 0 Å². The van der Waals surface area contributed by atoms with Crippen LogP contribution in [0.25, 0.3) is 0 Å². The van der Waals surface area contributed by atoms with Crippen molar-refractivity contribution < 1.29 is 14.3 Å². The highest BCUT2D eigenvalue weighted by atomic mass is 16.5. The quantitative estimate of drug-likeness (QED) is 0.753. The topological polar surface area (TPSA) is 78.3 Å². The molecular weight excluding hydrogens is 344 g/mol. The number of aromatic nitrogens is 3. The van der Waals surface area contributed by atoms with Gasteiger partial charge in [0.2, 0.25) is 0 Å². The SMILES string of the molecule is COc1ccccc1CNC(=O)c1nnn2c1CO[C@@H](c1ccccc1)C2. The number of benzene rings is 2. The van der Waals surface area contributed by atoms with E-state index in [1.807, 2.05) is 54.6 Å². The summed E-state index contributed by atoms with van der Waals surface area (Å²) >= 11 is 0. The number of ether oxygens (including phenoxy) is 2. The van der Waals surface area contributed by atoms with Crippen LogP contribution in [0.15, 0.2) is 54.6 Å². The molecule has 7 heteroatoms. The number of hydrogen-bond donors (Lipinski definition) is 1. The molecule has 1 N–H and O–H groups in total. The second-order valence-electron chi connectivity index (χ2n) is 6.27. The monoisotopic (exact) mass is 364 g/mol. The Hall–Kier alpha value is -3.19. The zero-order chi connectivity index (χ0) is 18.6. The van der Waals surface area contributed by atoms with Gasteiger partial charge < -0.3 is 14.8 Å². The number of carbonyl (C=O) groups excluding carboxylic acids is 1. The van der Waals surface area contributed by atoms with Gasteiger partial charge in [0.25, 0.3) is 5.91 Å². The molecule has 138 valence electrons. The minimum atomic E-state index is -0.274. The lowest BCUT2D eigenvalue weighted by Gasteiger charge is -2.24. The first-order valence-electron chi connectivity index (χ1n) is 8.75. The number of nitrogens with one attached hydrogen (secondary N) is 1. The molecule has 0 spiro atoms. The van der Waals surface area contributed by atoms with Crippen molar-refractivity contribution in [3.05, 3.63) is 77.1 Å². The van der Waals surface area contributed by atoms with E-state index in [1.165, 1.54) is 0 Å². The molecule has 1 atom stereocenters. The van der Waals surface area contributed by atoms with Crippen molar-refractivity contribution in [2.24, 2.45) is 0 Å². The van der Waals surface area contributed by atoms with Crippen molar-refractivity contribution in [3.63, 3.8) is 0 Å². The third-order valence-corrected chi connectivity index (χ3v) is 4.62. The molecule has 0 unspecified atom stereocenters. The summed E-state index contributed by atoms with van der Waals surface area (Å²) in [6.07, 6.45) is -0.0927. The maximum Gasteiger partial charge on any atom is 0.274 e. The molecule has 1 aliphatic rings. The molecule has 2 heterocycles. The van der Waals surface area contributed by atoms with E-state index in [1.54, 1.807) is 11.8 Å². The standard InChI is InChI=1S/C20H20N4O3/c1-26-17-10-6-5-9-15(17)11-21-20(25)19-16-13-27-18(12-24(16)23-22-19)14-7-3-2-4-8-14/h2-10,18H,11-13H2,1H3,(H,21,25)/t18-/m1/s1. The molecule has 0 bridgehead atoms. The summed E-state index contributed by atoms with van der Waals surface area (Å²) < 4.78 is 13.0. The summed E-state index contributed by atoms with van der Waals surface area (Å²) in [4.78, 5) is 12.6. The minimum Gasteiger partial charge on any atom is -0.496 e. The zero-order valence-corrected chi connectivity index (χ0v) is 15.0. The molecule has 7 nitrogen and oxygen atoms in total. The fourth-order valence-electron chi connectivity index (χ4n) is 3.17. The highest BCUT2D eigenvalue weighted by Crippen LogP contribution is 2.26. The molecule has 3 aromatic rings. The van der Waals surface area contributed by atoms with E-state index in [2.05, 4.69) is 15.6 Å². The van der Waals surface area contributed by atoms with Crippen molar-refractivity contribution in [2.45, 2.75) is 25.8 Å². The van der Waals surface area contributed by atoms with E-state index >= 15 is 0 Å². The van der Waals surface area contributed by atoms with Crippen molar-refractivity contribution in [1.29, 1.82) is 0 Å². The fourth-order valence-corrected chi connectivity index (χ4v) is 3.17. The Morgan fingerprint density at radius 1 is 1.22 bits per heavy atom. The van der Waals surface area contributed by atoms with Gasteiger partial charge in [0, 0.05) is 12.1 Å². The van der Waals surface area contributed by atoms with Crippen LogP contribution in [0, 0.1) is 0 Å².